The van der Waals surface area contributed by atoms with Crippen LogP contribution in [0.2, 0.25) is 5.02 Å². The molecule has 6 rings (SSSR count). The summed E-state index contributed by atoms with van der Waals surface area (Å²) in [6, 6.07) is 21.1. The maximum Gasteiger partial charge on any atom is 0.197 e. The van der Waals surface area contributed by atoms with Gasteiger partial charge in [0.25, 0.3) is 0 Å². The first kappa shape index (κ1) is 18.6. The third-order valence-corrected chi connectivity index (χ3v) is 7.78. The number of thiazole rings is 1. The average Bonchev–Trinajstić information content (AvgIpc) is 3.40. The van der Waals surface area contributed by atoms with E-state index in [0.717, 1.165) is 30.7 Å². The molecule has 2 heterocycles. The molecule has 0 bridgehead atoms. The van der Waals surface area contributed by atoms with Crippen LogP contribution in [0.3, 0.4) is 0 Å². The lowest BCUT2D eigenvalue weighted by molar-refractivity contribution is 0.0990. The van der Waals surface area contributed by atoms with Gasteiger partial charge in [0.1, 0.15) is 9.84 Å². The lowest BCUT2D eigenvalue weighted by atomic mass is 10.0. The van der Waals surface area contributed by atoms with Crippen molar-refractivity contribution in [3.8, 4) is 10.4 Å². The van der Waals surface area contributed by atoms with Crippen LogP contribution >= 0.6 is 34.3 Å². The van der Waals surface area contributed by atoms with Gasteiger partial charge in [-0.25, -0.2) is 4.98 Å². The highest BCUT2D eigenvalue weighted by molar-refractivity contribution is 7.29. The Labute approximate surface area is 190 Å². The minimum atomic E-state index is -0.230. The molecule has 1 aliphatic carbocycles. The highest BCUT2D eigenvalue weighted by Crippen LogP contribution is 2.38. The summed E-state index contributed by atoms with van der Waals surface area (Å²) in [4.78, 5) is 32.6. The molecule has 0 spiro atoms. The summed E-state index contributed by atoms with van der Waals surface area (Å²) >= 11 is 9.04. The van der Waals surface area contributed by atoms with E-state index in [9.17, 15) is 9.59 Å². The normalized spacial score (nSPS) is 13.4. The van der Waals surface area contributed by atoms with Gasteiger partial charge in [-0.3, -0.25) is 9.59 Å². The van der Waals surface area contributed by atoms with Gasteiger partial charge in [-0.05, 0) is 52.7 Å². The second-order valence-corrected chi connectivity index (χ2v) is 9.83. The molecule has 0 aliphatic heterocycles. The number of carbonyl (C=O) groups excluding carboxylic acids is 2. The van der Waals surface area contributed by atoms with Gasteiger partial charge in [0, 0.05) is 21.0 Å². The topological polar surface area (TPSA) is 47.0 Å². The molecule has 0 unspecified atom stereocenters. The van der Waals surface area contributed by atoms with Gasteiger partial charge in [0.2, 0.25) is 0 Å². The number of aromatic nitrogens is 1. The van der Waals surface area contributed by atoms with Crippen LogP contribution in [0.25, 0.3) is 36.8 Å². The Hall–Kier alpha value is -3.12. The Morgan fingerprint density at radius 3 is 2.06 bits per heavy atom. The maximum atomic E-state index is 13.0. The van der Waals surface area contributed by atoms with Crippen LogP contribution in [0.5, 0.6) is 0 Å². The average molecular weight is 458 g/mol. The lowest BCUT2D eigenvalue weighted by Gasteiger charge is -2.00. The largest absolute Gasteiger partial charge is 0.288 e. The number of carbonyl (C=O) groups is 2. The Bertz CT molecular complexity index is 1490. The SMILES string of the molecule is O=C1C(=Cc2nc3sc(-c4ccc(Cl)cc4)cc3s2)C(=O)c2cc3ccccc3cc21. The van der Waals surface area contributed by atoms with Crippen molar-refractivity contribution in [1.29, 1.82) is 0 Å². The van der Waals surface area contributed by atoms with Crippen molar-refractivity contribution < 1.29 is 9.59 Å². The molecule has 3 aromatic carbocycles. The minimum Gasteiger partial charge on any atom is -0.288 e. The van der Waals surface area contributed by atoms with Crippen LogP contribution in [0.4, 0.5) is 0 Å². The summed E-state index contributed by atoms with van der Waals surface area (Å²) in [5.74, 6) is -0.461. The second-order valence-electron chi connectivity index (χ2n) is 7.30. The third-order valence-electron chi connectivity index (χ3n) is 5.37. The molecule has 6 heteroatoms. The number of ketones is 2. The van der Waals surface area contributed by atoms with Gasteiger partial charge < -0.3 is 0 Å². The second kappa shape index (κ2) is 6.95. The number of rotatable bonds is 2. The van der Waals surface area contributed by atoms with Crippen molar-refractivity contribution in [2.75, 3.05) is 0 Å². The number of hydrogen-bond acceptors (Lipinski definition) is 5. The molecule has 1 aliphatic rings. The quantitative estimate of drug-likeness (QED) is 0.206. The number of hydrogen-bond donors (Lipinski definition) is 0. The van der Waals surface area contributed by atoms with E-state index in [1.807, 2.05) is 60.7 Å². The fourth-order valence-electron chi connectivity index (χ4n) is 3.83. The van der Waals surface area contributed by atoms with E-state index in [2.05, 4.69) is 11.1 Å². The summed E-state index contributed by atoms with van der Waals surface area (Å²) in [7, 11) is 0. The number of halogens is 1. The molecule has 0 saturated carbocycles. The molecule has 0 saturated heterocycles. The summed E-state index contributed by atoms with van der Waals surface area (Å²) in [5.41, 5.74) is 2.21. The zero-order valence-electron chi connectivity index (χ0n) is 15.9. The van der Waals surface area contributed by atoms with Gasteiger partial charge in [-0.2, -0.15) is 0 Å². The maximum absolute atomic E-state index is 13.0. The molecule has 0 radical (unpaired) electrons. The van der Waals surface area contributed by atoms with Crippen LogP contribution in [-0.2, 0) is 0 Å². The Morgan fingerprint density at radius 1 is 0.806 bits per heavy atom. The third kappa shape index (κ3) is 3.05. The molecule has 0 atom stereocenters. The van der Waals surface area contributed by atoms with Crippen molar-refractivity contribution >= 4 is 72.2 Å². The minimum absolute atomic E-state index is 0.185. The van der Waals surface area contributed by atoms with Crippen molar-refractivity contribution in [2.45, 2.75) is 0 Å². The number of Topliss-reactive ketones (excluding diaryl/α,β-unsaturated/α-hetero) is 2. The Kier molecular flexibility index (Phi) is 4.18. The zero-order chi connectivity index (χ0) is 21.1. The molecular weight excluding hydrogens is 446 g/mol. The standard InChI is InChI=1S/C25H12ClNO2S2/c26-16-7-5-13(6-8-16)20-12-21-25(31-20)27-22(30-21)11-19-23(28)17-9-14-3-1-2-4-15(14)10-18(17)24(19)29/h1-12H. The molecule has 0 N–H and O–H groups in total. The van der Waals surface area contributed by atoms with E-state index < -0.39 is 0 Å². The van der Waals surface area contributed by atoms with Crippen molar-refractivity contribution in [3.63, 3.8) is 0 Å². The van der Waals surface area contributed by atoms with Crippen molar-refractivity contribution in [3.05, 3.63) is 93.5 Å². The van der Waals surface area contributed by atoms with E-state index in [-0.39, 0.29) is 17.1 Å². The Balaban J connectivity index is 1.38. The predicted octanol–water partition coefficient (Wildman–Crippen LogP) is 7.29. The van der Waals surface area contributed by atoms with Crippen LogP contribution in [-0.4, -0.2) is 16.6 Å². The summed E-state index contributed by atoms with van der Waals surface area (Å²) < 4.78 is 1.03. The lowest BCUT2D eigenvalue weighted by Crippen LogP contribution is -1.99. The number of allylic oxidation sites excluding steroid dienone is 1. The fourth-order valence-corrected chi connectivity index (χ4v) is 6.13. The molecule has 148 valence electrons. The first-order valence-corrected chi connectivity index (χ1v) is 11.6. The molecule has 2 aromatic heterocycles. The highest BCUT2D eigenvalue weighted by atomic mass is 35.5. The molecule has 31 heavy (non-hydrogen) atoms. The van der Waals surface area contributed by atoms with Gasteiger partial charge in [0.05, 0.1) is 10.3 Å². The summed E-state index contributed by atoms with van der Waals surface area (Å²) in [6.07, 6.45) is 1.63. The molecule has 3 nitrogen and oxygen atoms in total. The first-order valence-electron chi connectivity index (χ1n) is 9.57. The van der Waals surface area contributed by atoms with E-state index in [1.54, 1.807) is 17.4 Å². The first-order chi connectivity index (χ1) is 15.1. The van der Waals surface area contributed by atoms with Gasteiger partial charge in [-0.1, -0.05) is 48.0 Å². The zero-order valence-corrected chi connectivity index (χ0v) is 18.3. The smallest absolute Gasteiger partial charge is 0.197 e. The van der Waals surface area contributed by atoms with Gasteiger partial charge in [-0.15, -0.1) is 22.7 Å². The number of fused-ring (bicyclic) bond motifs is 3. The van der Waals surface area contributed by atoms with Gasteiger partial charge in [0.15, 0.2) is 11.6 Å². The Morgan fingerprint density at radius 2 is 1.45 bits per heavy atom. The fraction of sp³-hybridized carbons (Fsp3) is 0. The van der Waals surface area contributed by atoms with E-state index >= 15 is 0 Å². The van der Waals surface area contributed by atoms with E-state index in [0.29, 0.717) is 21.2 Å². The van der Waals surface area contributed by atoms with Crippen LogP contribution < -0.4 is 0 Å². The highest BCUT2D eigenvalue weighted by Gasteiger charge is 2.33. The number of benzene rings is 3. The van der Waals surface area contributed by atoms with E-state index in [1.165, 1.54) is 11.3 Å². The summed E-state index contributed by atoms with van der Waals surface area (Å²) in [5, 5.41) is 3.27. The molecular formula is C25H12ClNO2S2. The monoisotopic (exact) mass is 457 g/mol. The summed E-state index contributed by atoms with van der Waals surface area (Å²) in [6.45, 7) is 0. The predicted molar refractivity (Wildman–Crippen MR) is 129 cm³/mol. The van der Waals surface area contributed by atoms with Crippen molar-refractivity contribution in [2.24, 2.45) is 0 Å². The molecule has 0 fully saturated rings. The van der Waals surface area contributed by atoms with Crippen molar-refractivity contribution in [1.82, 2.24) is 4.98 Å². The van der Waals surface area contributed by atoms with E-state index in [4.69, 9.17) is 11.6 Å². The number of nitrogens with zero attached hydrogens (tertiary/aromatic N) is 1. The van der Waals surface area contributed by atoms with Gasteiger partial charge >= 0.3 is 0 Å². The molecule has 0 amide bonds. The number of thiophene rings is 1. The van der Waals surface area contributed by atoms with Crippen LogP contribution in [0.15, 0.2) is 72.3 Å². The van der Waals surface area contributed by atoms with Crippen LogP contribution in [0.1, 0.15) is 25.7 Å². The molecule has 5 aromatic rings. The van der Waals surface area contributed by atoms with Crippen LogP contribution in [0, 0.1) is 0 Å².